The van der Waals surface area contributed by atoms with Gasteiger partial charge in [-0.05, 0) is 43.1 Å². The van der Waals surface area contributed by atoms with Crippen LogP contribution in [0.4, 0.5) is 0 Å². The average molecular weight is 296 g/mol. The van der Waals surface area contributed by atoms with Gasteiger partial charge in [0.25, 0.3) is 0 Å². The van der Waals surface area contributed by atoms with E-state index in [1.807, 2.05) is 35.6 Å². The molecular weight excluding hydrogens is 278 g/mol. The van der Waals surface area contributed by atoms with Gasteiger partial charge in [0.15, 0.2) is 0 Å². The van der Waals surface area contributed by atoms with Crippen molar-refractivity contribution in [1.82, 2.24) is 4.90 Å². The Balaban J connectivity index is 1.65. The van der Waals surface area contributed by atoms with Gasteiger partial charge in [0.05, 0.1) is 0 Å². The van der Waals surface area contributed by atoms with Gasteiger partial charge >= 0.3 is 0 Å². The lowest BCUT2D eigenvalue weighted by molar-refractivity contribution is 0.239. The van der Waals surface area contributed by atoms with Crippen LogP contribution >= 0.6 is 22.9 Å². The van der Waals surface area contributed by atoms with E-state index in [4.69, 9.17) is 16.3 Å². The van der Waals surface area contributed by atoms with Gasteiger partial charge in [0.1, 0.15) is 12.4 Å². The van der Waals surface area contributed by atoms with Crippen molar-refractivity contribution in [2.24, 2.45) is 0 Å². The lowest BCUT2D eigenvalue weighted by atomic mass is 10.3. The van der Waals surface area contributed by atoms with Crippen LogP contribution in [0.2, 0.25) is 5.02 Å². The first-order chi connectivity index (χ1) is 9.24. The number of rotatable bonds is 7. The summed E-state index contributed by atoms with van der Waals surface area (Å²) in [5, 5.41) is 2.83. The zero-order valence-electron chi connectivity index (χ0n) is 11.0. The molecule has 0 amide bonds. The molecule has 0 saturated carbocycles. The molecule has 0 spiro atoms. The summed E-state index contributed by atoms with van der Waals surface area (Å²) in [6, 6.07) is 11.8. The number of hydrogen-bond acceptors (Lipinski definition) is 3. The molecule has 19 heavy (non-hydrogen) atoms. The van der Waals surface area contributed by atoms with Gasteiger partial charge in [0.2, 0.25) is 0 Å². The predicted octanol–water partition coefficient (Wildman–Crippen LogP) is 3.95. The molecule has 0 saturated heterocycles. The summed E-state index contributed by atoms with van der Waals surface area (Å²) in [6.45, 7) is 2.65. The van der Waals surface area contributed by atoms with Crippen LogP contribution in [0.3, 0.4) is 0 Å². The van der Waals surface area contributed by atoms with Gasteiger partial charge in [-0.25, -0.2) is 0 Å². The Kier molecular flexibility index (Phi) is 5.70. The van der Waals surface area contributed by atoms with E-state index in [-0.39, 0.29) is 0 Å². The molecule has 0 bridgehead atoms. The maximum absolute atomic E-state index is 5.90. The molecule has 0 radical (unpaired) electrons. The summed E-state index contributed by atoms with van der Waals surface area (Å²) in [5.74, 6) is 0.833. The van der Waals surface area contributed by atoms with Crippen LogP contribution in [0.15, 0.2) is 41.8 Å². The first kappa shape index (κ1) is 14.4. The summed E-state index contributed by atoms with van der Waals surface area (Å²) in [7, 11) is 2.12. The lowest BCUT2D eigenvalue weighted by Crippen LogP contribution is -2.26. The van der Waals surface area contributed by atoms with Gasteiger partial charge in [0, 0.05) is 23.0 Å². The maximum Gasteiger partial charge on any atom is 0.120 e. The Bertz CT molecular complexity index is 487. The van der Waals surface area contributed by atoms with E-state index < -0.39 is 0 Å². The third-order valence-electron chi connectivity index (χ3n) is 2.86. The molecule has 0 unspecified atom stereocenters. The van der Waals surface area contributed by atoms with Crippen molar-refractivity contribution >= 4 is 22.9 Å². The van der Waals surface area contributed by atoms with Crippen LogP contribution in [-0.4, -0.2) is 31.6 Å². The highest BCUT2D eigenvalue weighted by Crippen LogP contribution is 2.16. The van der Waals surface area contributed by atoms with Crippen LogP contribution < -0.4 is 4.74 Å². The zero-order chi connectivity index (χ0) is 13.5. The number of thiophene rings is 1. The summed E-state index contributed by atoms with van der Waals surface area (Å²) in [6.07, 6.45) is 1.10. The number of nitrogens with zero attached hydrogens (tertiary/aromatic N) is 1. The SMILES string of the molecule is CN(CCOc1cccc(Cl)c1)CCc1cccs1. The van der Waals surface area contributed by atoms with Crippen molar-refractivity contribution in [3.63, 3.8) is 0 Å². The molecule has 0 atom stereocenters. The molecule has 1 aromatic carbocycles. The van der Waals surface area contributed by atoms with E-state index in [9.17, 15) is 0 Å². The molecule has 0 aliphatic rings. The van der Waals surface area contributed by atoms with Crippen molar-refractivity contribution < 1.29 is 4.74 Å². The van der Waals surface area contributed by atoms with Crippen molar-refractivity contribution in [1.29, 1.82) is 0 Å². The molecule has 1 aromatic heterocycles. The quantitative estimate of drug-likeness (QED) is 0.767. The van der Waals surface area contributed by atoms with E-state index in [2.05, 4.69) is 29.5 Å². The predicted molar refractivity (Wildman–Crippen MR) is 82.5 cm³/mol. The van der Waals surface area contributed by atoms with Gasteiger partial charge in [-0.1, -0.05) is 23.7 Å². The minimum absolute atomic E-state index is 0.682. The molecule has 2 rings (SSSR count). The molecule has 4 heteroatoms. The van der Waals surface area contributed by atoms with E-state index in [0.29, 0.717) is 11.6 Å². The second-order valence-corrected chi connectivity index (χ2v) is 5.91. The van der Waals surface area contributed by atoms with E-state index in [1.54, 1.807) is 0 Å². The highest BCUT2D eigenvalue weighted by atomic mass is 35.5. The lowest BCUT2D eigenvalue weighted by Gasteiger charge is -2.16. The Labute approximate surface area is 123 Å². The molecule has 0 aliphatic heterocycles. The largest absolute Gasteiger partial charge is 0.492 e. The average Bonchev–Trinajstić information content (AvgIpc) is 2.89. The number of halogens is 1. The van der Waals surface area contributed by atoms with Crippen molar-refractivity contribution in [2.75, 3.05) is 26.7 Å². The van der Waals surface area contributed by atoms with Gasteiger partial charge in [-0.15, -0.1) is 11.3 Å². The van der Waals surface area contributed by atoms with Crippen LogP contribution in [0, 0.1) is 0 Å². The topological polar surface area (TPSA) is 12.5 Å². The molecule has 0 N–H and O–H groups in total. The third kappa shape index (κ3) is 5.23. The number of ether oxygens (including phenoxy) is 1. The summed E-state index contributed by atoms with van der Waals surface area (Å²) in [4.78, 5) is 3.71. The van der Waals surface area contributed by atoms with Crippen LogP contribution in [0.5, 0.6) is 5.75 Å². The Morgan fingerprint density at radius 3 is 2.84 bits per heavy atom. The van der Waals surface area contributed by atoms with E-state index >= 15 is 0 Å². The van der Waals surface area contributed by atoms with Crippen LogP contribution in [0.25, 0.3) is 0 Å². The number of likely N-dealkylation sites (N-methyl/N-ethyl adjacent to an activating group) is 1. The Morgan fingerprint density at radius 1 is 1.21 bits per heavy atom. The third-order valence-corrected chi connectivity index (χ3v) is 4.03. The fourth-order valence-corrected chi connectivity index (χ4v) is 2.62. The molecular formula is C15H18ClNOS. The second kappa shape index (κ2) is 7.53. The monoisotopic (exact) mass is 295 g/mol. The van der Waals surface area contributed by atoms with Gasteiger partial charge in [-0.2, -0.15) is 0 Å². The number of hydrogen-bond donors (Lipinski definition) is 0. The first-order valence-corrected chi connectivity index (χ1v) is 7.59. The fraction of sp³-hybridized carbons (Fsp3) is 0.333. The highest BCUT2D eigenvalue weighted by molar-refractivity contribution is 7.09. The molecule has 0 aliphatic carbocycles. The highest BCUT2D eigenvalue weighted by Gasteiger charge is 2.01. The van der Waals surface area contributed by atoms with Crippen LogP contribution in [-0.2, 0) is 6.42 Å². The molecule has 0 fully saturated rings. The smallest absolute Gasteiger partial charge is 0.120 e. The molecule has 2 aromatic rings. The summed E-state index contributed by atoms with van der Waals surface area (Å²) < 4.78 is 5.67. The first-order valence-electron chi connectivity index (χ1n) is 6.33. The Hall–Kier alpha value is -1.03. The van der Waals surface area contributed by atoms with Crippen molar-refractivity contribution in [2.45, 2.75) is 6.42 Å². The van der Waals surface area contributed by atoms with Crippen molar-refractivity contribution in [3.05, 3.63) is 51.7 Å². The standard InChI is InChI=1S/C15H18ClNOS/c1-17(8-7-15-6-3-11-19-15)9-10-18-14-5-2-4-13(16)12-14/h2-6,11-12H,7-10H2,1H3. The van der Waals surface area contributed by atoms with E-state index in [0.717, 1.165) is 25.3 Å². The zero-order valence-corrected chi connectivity index (χ0v) is 12.6. The number of benzene rings is 1. The van der Waals surface area contributed by atoms with Crippen molar-refractivity contribution in [3.8, 4) is 5.75 Å². The van der Waals surface area contributed by atoms with E-state index in [1.165, 1.54) is 4.88 Å². The molecule has 1 heterocycles. The van der Waals surface area contributed by atoms with Crippen LogP contribution in [0.1, 0.15) is 4.88 Å². The Morgan fingerprint density at radius 2 is 2.11 bits per heavy atom. The van der Waals surface area contributed by atoms with Gasteiger partial charge < -0.3 is 9.64 Å². The molecule has 102 valence electrons. The summed E-state index contributed by atoms with van der Waals surface area (Å²) >= 11 is 7.72. The second-order valence-electron chi connectivity index (χ2n) is 4.44. The molecule has 2 nitrogen and oxygen atoms in total. The minimum atomic E-state index is 0.682. The minimum Gasteiger partial charge on any atom is -0.492 e. The summed E-state index contributed by atoms with van der Waals surface area (Å²) in [5.41, 5.74) is 0. The fourth-order valence-electron chi connectivity index (χ4n) is 1.74. The normalized spacial score (nSPS) is 10.9. The maximum atomic E-state index is 5.90. The van der Waals surface area contributed by atoms with Gasteiger partial charge in [-0.3, -0.25) is 0 Å².